The highest BCUT2D eigenvalue weighted by atomic mass is 19.1. The van der Waals surface area contributed by atoms with E-state index in [2.05, 4.69) is 10.3 Å². The Morgan fingerprint density at radius 2 is 1.84 bits per heavy atom. The molecule has 0 saturated heterocycles. The van der Waals surface area contributed by atoms with Gasteiger partial charge in [-0.05, 0) is 68.3 Å². The first kappa shape index (κ1) is 23.1. The van der Waals surface area contributed by atoms with Gasteiger partial charge in [-0.2, -0.15) is 0 Å². The van der Waals surface area contributed by atoms with Crippen LogP contribution in [0.2, 0.25) is 0 Å². The molecule has 7 heteroatoms. The molecule has 0 radical (unpaired) electrons. The van der Waals surface area contributed by atoms with Crippen molar-refractivity contribution in [2.45, 2.75) is 26.4 Å². The highest BCUT2D eigenvalue weighted by molar-refractivity contribution is 5.94. The number of unbranched alkanes of at least 4 members (excludes halogenated alkanes) is 1. The normalized spacial score (nSPS) is 10.4. The van der Waals surface area contributed by atoms with E-state index in [4.69, 9.17) is 14.2 Å². The second kappa shape index (κ2) is 12.3. The molecule has 0 fully saturated rings. The van der Waals surface area contributed by atoms with E-state index in [1.54, 1.807) is 42.7 Å². The Balaban J connectivity index is 1.44. The lowest BCUT2D eigenvalue weighted by atomic mass is 10.2. The van der Waals surface area contributed by atoms with Crippen LogP contribution in [0.4, 0.5) is 4.39 Å². The summed E-state index contributed by atoms with van der Waals surface area (Å²) in [6, 6.07) is 14.8. The van der Waals surface area contributed by atoms with Gasteiger partial charge in [-0.3, -0.25) is 9.78 Å². The zero-order valence-electron chi connectivity index (χ0n) is 18.1. The van der Waals surface area contributed by atoms with Gasteiger partial charge in [0.05, 0.1) is 13.2 Å². The number of carbonyl (C=O) groups is 1. The van der Waals surface area contributed by atoms with Gasteiger partial charge in [0.25, 0.3) is 5.91 Å². The summed E-state index contributed by atoms with van der Waals surface area (Å²) in [7, 11) is 0. The summed E-state index contributed by atoms with van der Waals surface area (Å²) in [4.78, 5) is 16.6. The van der Waals surface area contributed by atoms with Crippen LogP contribution in [0, 0.1) is 5.82 Å². The molecule has 1 amide bonds. The molecule has 1 N–H and O–H groups in total. The number of amides is 1. The van der Waals surface area contributed by atoms with E-state index in [0.29, 0.717) is 49.2 Å². The molecular formula is C25H27FN2O4. The number of aromatic nitrogens is 1. The largest absolute Gasteiger partial charge is 0.494 e. The average Bonchev–Trinajstić information content (AvgIpc) is 2.82. The van der Waals surface area contributed by atoms with E-state index in [9.17, 15) is 9.18 Å². The summed E-state index contributed by atoms with van der Waals surface area (Å²) < 4.78 is 29.9. The number of pyridine rings is 1. The van der Waals surface area contributed by atoms with Crippen LogP contribution in [-0.4, -0.2) is 30.6 Å². The van der Waals surface area contributed by atoms with Crippen LogP contribution in [0.1, 0.15) is 35.7 Å². The van der Waals surface area contributed by atoms with Gasteiger partial charge < -0.3 is 19.5 Å². The summed E-state index contributed by atoms with van der Waals surface area (Å²) >= 11 is 0. The number of halogens is 1. The van der Waals surface area contributed by atoms with Crippen LogP contribution < -0.4 is 19.5 Å². The van der Waals surface area contributed by atoms with Crippen molar-refractivity contribution in [1.29, 1.82) is 0 Å². The summed E-state index contributed by atoms with van der Waals surface area (Å²) in [5.74, 6) is 1.26. The summed E-state index contributed by atoms with van der Waals surface area (Å²) in [5.41, 5.74) is 1.45. The summed E-state index contributed by atoms with van der Waals surface area (Å²) in [6.45, 7) is 3.72. The molecule has 0 aliphatic rings. The molecule has 1 heterocycles. The van der Waals surface area contributed by atoms with Gasteiger partial charge in [0.1, 0.15) is 18.2 Å². The van der Waals surface area contributed by atoms with Crippen molar-refractivity contribution in [1.82, 2.24) is 10.3 Å². The van der Waals surface area contributed by atoms with Gasteiger partial charge in [0.15, 0.2) is 11.5 Å². The van der Waals surface area contributed by atoms with E-state index in [-0.39, 0.29) is 11.7 Å². The average molecular weight is 438 g/mol. The monoisotopic (exact) mass is 438 g/mol. The van der Waals surface area contributed by atoms with E-state index in [1.807, 2.05) is 19.1 Å². The van der Waals surface area contributed by atoms with Crippen molar-refractivity contribution in [3.63, 3.8) is 0 Å². The van der Waals surface area contributed by atoms with E-state index >= 15 is 0 Å². The molecule has 1 aromatic heterocycles. The van der Waals surface area contributed by atoms with Crippen LogP contribution in [-0.2, 0) is 6.61 Å². The highest BCUT2D eigenvalue weighted by Crippen LogP contribution is 2.29. The molecule has 3 rings (SSSR count). The molecule has 6 nitrogen and oxygen atoms in total. The lowest BCUT2D eigenvalue weighted by Crippen LogP contribution is -2.24. The van der Waals surface area contributed by atoms with Crippen molar-refractivity contribution in [3.8, 4) is 17.2 Å². The maximum atomic E-state index is 12.9. The van der Waals surface area contributed by atoms with Gasteiger partial charge in [-0.25, -0.2) is 4.39 Å². The fourth-order valence-corrected chi connectivity index (χ4v) is 2.93. The van der Waals surface area contributed by atoms with Crippen molar-refractivity contribution >= 4 is 5.91 Å². The standard InChI is InChI=1S/C25H27FN2O4/c1-2-30-24-16-20(7-12-23(24)32-18-19-6-5-13-27-17-19)25(29)28-14-3-4-15-31-22-10-8-21(26)9-11-22/h5-13,16-17H,2-4,14-15,18H2,1H3,(H,28,29). The molecule has 0 unspecified atom stereocenters. The van der Waals surface area contributed by atoms with E-state index in [1.165, 1.54) is 12.1 Å². The van der Waals surface area contributed by atoms with Gasteiger partial charge in [-0.1, -0.05) is 6.07 Å². The van der Waals surface area contributed by atoms with Crippen LogP contribution in [0.3, 0.4) is 0 Å². The summed E-state index contributed by atoms with van der Waals surface area (Å²) in [5, 5.41) is 2.90. The van der Waals surface area contributed by atoms with Gasteiger partial charge >= 0.3 is 0 Å². The lowest BCUT2D eigenvalue weighted by Gasteiger charge is -2.13. The Hall–Kier alpha value is -3.61. The lowest BCUT2D eigenvalue weighted by molar-refractivity contribution is 0.0951. The molecular weight excluding hydrogens is 411 g/mol. The third-order valence-electron chi connectivity index (χ3n) is 4.56. The minimum absolute atomic E-state index is 0.177. The van der Waals surface area contributed by atoms with Gasteiger partial charge in [-0.15, -0.1) is 0 Å². The number of benzene rings is 2. The first-order chi connectivity index (χ1) is 15.7. The minimum Gasteiger partial charge on any atom is -0.494 e. The first-order valence-electron chi connectivity index (χ1n) is 10.6. The van der Waals surface area contributed by atoms with Gasteiger partial charge in [0, 0.05) is 30.1 Å². The second-order valence-corrected chi connectivity index (χ2v) is 7.01. The Labute approximate surface area is 187 Å². The van der Waals surface area contributed by atoms with E-state index < -0.39 is 0 Å². The van der Waals surface area contributed by atoms with Crippen LogP contribution in [0.15, 0.2) is 67.0 Å². The molecule has 0 aliphatic carbocycles. The van der Waals surface area contributed by atoms with Crippen molar-refractivity contribution in [2.75, 3.05) is 19.8 Å². The molecule has 32 heavy (non-hydrogen) atoms. The number of carbonyl (C=O) groups excluding carboxylic acids is 1. The Bertz CT molecular complexity index is 981. The third kappa shape index (κ3) is 7.27. The Morgan fingerprint density at radius 3 is 2.59 bits per heavy atom. The number of hydrogen-bond donors (Lipinski definition) is 1. The molecule has 0 aliphatic heterocycles. The van der Waals surface area contributed by atoms with Crippen molar-refractivity contribution in [2.24, 2.45) is 0 Å². The fourth-order valence-electron chi connectivity index (χ4n) is 2.93. The minimum atomic E-state index is -0.291. The maximum Gasteiger partial charge on any atom is 0.251 e. The van der Waals surface area contributed by atoms with Crippen LogP contribution >= 0.6 is 0 Å². The van der Waals surface area contributed by atoms with Crippen LogP contribution in [0.5, 0.6) is 17.2 Å². The van der Waals surface area contributed by atoms with Gasteiger partial charge in [0.2, 0.25) is 0 Å². The molecule has 2 aromatic carbocycles. The van der Waals surface area contributed by atoms with Crippen molar-refractivity contribution in [3.05, 3.63) is 83.9 Å². The Morgan fingerprint density at radius 1 is 1.00 bits per heavy atom. The smallest absolute Gasteiger partial charge is 0.251 e. The topological polar surface area (TPSA) is 69.7 Å². The maximum absolute atomic E-state index is 12.9. The zero-order chi connectivity index (χ0) is 22.6. The highest BCUT2D eigenvalue weighted by Gasteiger charge is 2.12. The predicted molar refractivity (Wildman–Crippen MR) is 120 cm³/mol. The van der Waals surface area contributed by atoms with Crippen molar-refractivity contribution < 1.29 is 23.4 Å². The number of nitrogens with zero attached hydrogens (tertiary/aromatic N) is 1. The summed E-state index contributed by atoms with van der Waals surface area (Å²) in [6.07, 6.45) is 4.98. The number of rotatable bonds is 12. The zero-order valence-corrected chi connectivity index (χ0v) is 18.1. The van der Waals surface area contributed by atoms with E-state index in [0.717, 1.165) is 18.4 Å². The molecule has 168 valence electrons. The molecule has 0 bridgehead atoms. The SMILES string of the molecule is CCOc1cc(C(=O)NCCCCOc2ccc(F)cc2)ccc1OCc1cccnc1. The fraction of sp³-hybridized carbons (Fsp3) is 0.280. The first-order valence-corrected chi connectivity index (χ1v) is 10.6. The number of ether oxygens (including phenoxy) is 3. The number of nitrogens with one attached hydrogen (secondary N) is 1. The quantitative estimate of drug-likeness (QED) is 0.412. The molecule has 0 atom stereocenters. The number of hydrogen-bond acceptors (Lipinski definition) is 5. The Kier molecular flexibility index (Phi) is 8.86. The second-order valence-electron chi connectivity index (χ2n) is 7.01. The van der Waals surface area contributed by atoms with Crippen LogP contribution in [0.25, 0.3) is 0 Å². The molecule has 0 spiro atoms. The molecule has 0 saturated carbocycles. The molecule has 3 aromatic rings. The predicted octanol–water partition coefficient (Wildman–Crippen LogP) is 4.79. The third-order valence-corrected chi connectivity index (χ3v) is 4.56.